The van der Waals surface area contributed by atoms with E-state index in [1.54, 1.807) is 42.7 Å². The maximum atomic E-state index is 13.2. The number of nitrogens with zero attached hydrogens (tertiary/aromatic N) is 2. The number of thioether (sulfide) groups is 1. The zero-order valence-electron chi connectivity index (χ0n) is 19.4. The average Bonchev–Trinajstić information content (AvgIpc) is 2.74. The molecular weight excluding hydrogens is 404 g/mol. The van der Waals surface area contributed by atoms with Crippen molar-refractivity contribution in [1.29, 1.82) is 0 Å². The van der Waals surface area contributed by atoms with Crippen LogP contribution in [0.4, 0.5) is 0 Å². The summed E-state index contributed by atoms with van der Waals surface area (Å²) in [7, 11) is 3.44. The molecular formula is C25H34N4OS. The molecule has 1 atom stereocenters. The molecule has 31 heavy (non-hydrogen) atoms. The molecule has 0 bridgehead atoms. The standard InChI is InChI=1S/C25H34N4OS/c1-7-8-9-10-19(16-31-6)28-18(3)20-13-17(2)14-22-21(20)15-24(29(5)25(22)30)23(26)11-12-27-4/h8-15,18,28H,7,16,26H2,1-6H3/b9-8?,19-10+,23-11-,27-12?. The quantitative estimate of drug-likeness (QED) is 0.439. The number of pyridine rings is 1. The van der Waals surface area contributed by atoms with Gasteiger partial charge in [0, 0.05) is 43.2 Å². The third kappa shape index (κ3) is 6.14. The van der Waals surface area contributed by atoms with Gasteiger partial charge in [-0.1, -0.05) is 25.1 Å². The fourth-order valence-electron chi connectivity index (χ4n) is 3.53. The number of hydrogen-bond donors (Lipinski definition) is 2. The van der Waals surface area contributed by atoms with Gasteiger partial charge in [-0.05, 0) is 67.3 Å². The number of benzene rings is 1. The molecule has 2 rings (SSSR count). The second-order valence-corrected chi connectivity index (χ2v) is 8.43. The first-order valence-electron chi connectivity index (χ1n) is 10.5. The van der Waals surface area contributed by atoms with Crippen molar-refractivity contribution in [3.05, 3.63) is 75.4 Å². The number of aliphatic imine (C=N–C) groups is 1. The minimum atomic E-state index is -0.0554. The number of allylic oxidation sites excluding steroid dienone is 4. The molecule has 6 heteroatoms. The smallest absolute Gasteiger partial charge is 0.258 e. The second kappa shape index (κ2) is 11.6. The van der Waals surface area contributed by atoms with Gasteiger partial charge in [0.1, 0.15) is 0 Å². The molecule has 2 aromatic rings. The van der Waals surface area contributed by atoms with Gasteiger partial charge in [0.2, 0.25) is 0 Å². The molecule has 1 unspecified atom stereocenters. The molecule has 5 nitrogen and oxygen atoms in total. The molecule has 1 aromatic heterocycles. The van der Waals surface area contributed by atoms with Crippen LogP contribution < -0.4 is 16.6 Å². The minimum Gasteiger partial charge on any atom is -0.397 e. The molecule has 1 aromatic carbocycles. The summed E-state index contributed by atoms with van der Waals surface area (Å²) < 4.78 is 1.60. The van der Waals surface area contributed by atoms with E-state index in [0.717, 1.165) is 34.4 Å². The van der Waals surface area contributed by atoms with E-state index in [4.69, 9.17) is 5.73 Å². The maximum Gasteiger partial charge on any atom is 0.258 e. The summed E-state index contributed by atoms with van der Waals surface area (Å²) >= 11 is 1.78. The molecule has 0 fully saturated rings. The van der Waals surface area contributed by atoms with Crippen molar-refractivity contribution < 1.29 is 0 Å². The summed E-state index contributed by atoms with van der Waals surface area (Å²) in [5, 5.41) is 5.26. The van der Waals surface area contributed by atoms with Gasteiger partial charge < -0.3 is 15.6 Å². The topological polar surface area (TPSA) is 72.4 Å². The SMILES string of the molecule is CCC=C/C=C(\CSC)NC(C)c1cc(C)cc2c(=O)n(C)c(/C(N)=C/C=NC)cc12. The van der Waals surface area contributed by atoms with Gasteiger partial charge in [0.15, 0.2) is 0 Å². The second-order valence-electron chi connectivity index (χ2n) is 7.57. The fourth-order valence-corrected chi connectivity index (χ4v) is 4.02. The van der Waals surface area contributed by atoms with Crippen molar-refractivity contribution in [3.63, 3.8) is 0 Å². The van der Waals surface area contributed by atoms with E-state index in [1.165, 1.54) is 0 Å². The number of rotatable bonds is 9. The van der Waals surface area contributed by atoms with Crippen molar-refractivity contribution in [2.45, 2.75) is 33.2 Å². The molecule has 0 saturated heterocycles. The lowest BCUT2D eigenvalue weighted by Crippen LogP contribution is -2.24. The molecule has 0 aliphatic carbocycles. The van der Waals surface area contributed by atoms with Crippen molar-refractivity contribution in [1.82, 2.24) is 9.88 Å². The van der Waals surface area contributed by atoms with Crippen molar-refractivity contribution >= 4 is 34.4 Å². The lowest BCUT2D eigenvalue weighted by Gasteiger charge is -2.21. The lowest BCUT2D eigenvalue weighted by molar-refractivity contribution is 0.660. The van der Waals surface area contributed by atoms with Crippen LogP contribution in [0.5, 0.6) is 0 Å². The van der Waals surface area contributed by atoms with E-state index in [2.05, 4.69) is 54.7 Å². The zero-order chi connectivity index (χ0) is 23.0. The van der Waals surface area contributed by atoms with Crippen LogP contribution in [0.1, 0.15) is 43.1 Å². The Morgan fingerprint density at radius 1 is 1.29 bits per heavy atom. The maximum absolute atomic E-state index is 13.2. The third-order valence-corrected chi connectivity index (χ3v) is 5.67. The monoisotopic (exact) mass is 438 g/mol. The first-order chi connectivity index (χ1) is 14.8. The highest BCUT2D eigenvalue weighted by atomic mass is 32.2. The van der Waals surface area contributed by atoms with Crippen molar-refractivity contribution in [3.8, 4) is 0 Å². The highest BCUT2D eigenvalue weighted by Crippen LogP contribution is 2.27. The third-order valence-electron chi connectivity index (χ3n) is 5.07. The minimum absolute atomic E-state index is 0.0261. The average molecular weight is 439 g/mol. The molecule has 0 aliphatic rings. The van der Waals surface area contributed by atoms with Gasteiger partial charge in [0.05, 0.1) is 11.4 Å². The Balaban J connectivity index is 2.63. The molecule has 0 amide bonds. The first kappa shape index (κ1) is 24.5. The van der Waals surface area contributed by atoms with E-state index in [-0.39, 0.29) is 11.6 Å². The zero-order valence-corrected chi connectivity index (χ0v) is 20.2. The summed E-state index contributed by atoms with van der Waals surface area (Å²) in [6.07, 6.45) is 12.8. The van der Waals surface area contributed by atoms with Gasteiger partial charge in [0.25, 0.3) is 5.56 Å². The number of nitrogens with one attached hydrogen (secondary N) is 1. The number of aryl methyl sites for hydroxylation is 1. The predicted octanol–water partition coefficient (Wildman–Crippen LogP) is 4.71. The molecule has 0 aliphatic heterocycles. The van der Waals surface area contributed by atoms with Crippen LogP contribution in [-0.4, -0.2) is 29.8 Å². The normalized spacial score (nSPS) is 14.1. The largest absolute Gasteiger partial charge is 0.397 e. The molecule has 166 valence electrons. The van der Waals surface area contributed by atoms with E-state index >= 15 is 0 Å². The Morgan fingerprint density at radius 3 is 2.68 bits per heavy atom. The Bertz CT molecular complexity index is 1090. The molecule has 0 radical (unpaired) electrons. The Kier molecular flexibility index (Phi) is 9.19. The first-order valence-corrected chi connectivity index (χ1v) is 11.9. The van der Waals surface area contributed by atoms with Gasteiger partial charge in [-0.15, -0.1) is 0 Å². The Labute approximate surface area is 189 Å². The molecule has 0 spiro atoms. The van der Waals surface area contributed by atoms with E-state index in [0.29, 0.717) is 16.8 Å². The number of hydrogen-bond acceptors (Lipinski definition) is 5. The number of nitrogens with two attached hydrogens (primary N) is 1. The van der Waals surface area contributed by atoms with Gasteiger partial charge in [-0.2, -0.15) is 11.8 Å². The highest BCUT2D eigenvalue weighted by molar-refractivity contribution is 7.98. The summed E-state index contributed by atoms with van der Waals surface area (Å²) in [5.74, 6) is 0.890. The summed E-state index contributed by atoms with van der Waals surface area (Å²) in [4.78, 5) is 17.1. The van der Waals surface area contributed by atoms with Gasteiger partial charge >= 0.3 is 0 Å². The van der Waals surface area contributed by atoms with Crippen LogP contribution in [0.15, 0.2) is 58.0 Å². The van der Waals surface area contributed by atoms with Crippen molar-refractivity contribution in [2.24, 2.45) is 17.8 Å². The van der Waals surface area contributed by atoms with Gasteiger partial charge in [-0.25, -0.2) is 0 Å². The predicted molar refractivity (Wildman–Crippen MR) is 138 cm³/mol. The van der Waals surface area contributed by atoms with E-state index in [9.17, 15) is 4.79 Å². The van der Waals surface area contributed by atoms with E-state index < -0.39 is 0 Å². The Hall–Kier alpha value is -2.73. The van der Waals surface area contributed by atoms with Crippen LogP contribution in [0.3, 0.4) is 0 Å². The summed E-state index contributed by atoms with van der Waals surface area (Å²) in [6, 6.07) is 6.13. The van der Waals surface area contributed by atoms with Crippen LogP contribution in [-0.2, 0) is 7.05 Å². The van der Waals surface area contributed by atoms with Gasteiger partial charge in [-0.3, -0.25) is 9.79 Å². The lowest BCUT2D eigenvalue weighted by atomic mass is 9.96. The summed E-state index contributed by atoms with van der Waals surface area (Å²) in [6.45, 7) is 6.28. The van der Waals surface area contributed by atoms with E-state index in [1.807, 2.05) is 19.1 Å². The van der Waals surface area contributed by atoms with Crippen LogP contribution >= 0.6 is 11.8 Å². The number of fused-ring (bicyclic) bond motifs is 1. The molecule has 3 N–H and O–H groups in total. The van der Waals surface area contributed by atoms with Crippen LogP contribution in [0.2, 0.25) is 0 Å². The fraction of sp³-hybridized carbons (Fsp3) is 0.360. The highest BCUT2D eigenvalue weighted by Gasteiger charge is 2.16. The van der Waals surface area contributed by atoms with Crippen LogP contribution in [0.25, 0.3) is 16.5 Å². The molecule has 0 saturated carbocycles. The van der Waals surface area contributed by atoms with Crippen molar-refractivity contribution in [2.75, 3.05) is 19.1 Å². The number of aromatic nitrogens is 1. The summed E-state index contributed by atoms with van der Waals surface area (Å²) in [5.41, 5.74) is 10.7. The Morgan fingerprint density at radius 2 is 2.03 bits per heavy atom. The molecule has 1 heterocycles. The van der Waals surface area contributed by atoms with Crippen LogP contribution in [0, 0.1) is 6.92 Å².